The van der Waals surface area contributed by atoms with Crippen molar-refractivity contribution in [2.75, 3.05) is 26.2 Å². The fourth-order valence-corrected chi connectivity index (χ4v) is 4.35. The molecule has 0 amide bonds. The van der Waals surface area contributed by atoms with E-state index in [2.05, 4.69) is 23.6 Å². The van der Waals surface area contributed by atoms with Crippen LogP contribution >= 0.6 is 0 Å². The Morgan fingerprint density at radius 3 is 2.10 bits per heavy atom. The number of likely N-dealkylation sites (tertiary alicyclic amines) is 2. The van der Waals surface area contributed by atoms with Crippen LogP contribution in [0.3, 0.4) is 0 Å². The molecule has 3 aliphatic heterocycles. The van der Waals surface area contributed by atoms with Gasteiger partial charge in [-0.15, -0.1) is 0 Å². The summed E-state index contributed by atoms with van der Waals surface area (Å²) in [7, 11) is 0. The van der Waals surface area contributed by atoms with Gasteiger partial charge in [0, 0.05) is 31.2 Å². The van der Waals surface area contributed by atoms with Gasteiger partial charge >= 0.3 is 0 Å². The molecule has 3 unspecified atom stereocenters. The first-order valence-corrected chi connectivity index (χ1v) is 8.51. The van der Waals surface area contributed by atoms with E-state index in [9.17, 15) is 0 Å². The highest BCUT2D eigenvalue weighted by Gasteiger charge is 2.35. The van der Waals surface area contributed by atoms with Crippen LogP contribution in [-0.2, 0) is 4.74 Å². The number of hydrogen-bond acceptors (Lipinski definition) is 4. The molecule has 2 N–H and O–H groups in total. The Balaban J connectivity index is 1.51. The molecule has 3 saturated heterocycles. The number of ether oxygens (including phenoxy) is 1. The summed E-state index contributed by atoms with van der Waals surface area (Å²) < 4.78 is 5.88. The summed E-state index contributed by atoms with van der Waals surface area (Å²) in [6.45, 7) is 9.40. The standard InChI is InChI=1S/C16H31N3O/c1-12-9-16(10-13(2)20-12)19-8-5-15(11-19)18-6-3-14(17)4-7-18/h12-16H,3-11,17H2,1-2H3. The molecule has 3 aliphatic rings. The van der Waals surface area contributed by atoms with Crippen molar-refractivity contribution in [3.8, 4) is 0 Å². The molecule has 4 nitrogen and oxygen atoms in total. The van der Waals surface area contributed by atoms with Crippen LogP contribution in [0.2, 0.25) is 0 Å². The largest absolute Gasteiger partial charge is 0.375 e. The Morgan fingerprint density at radius 1 is 0.850 bits per heavy atom. The number of piperidine rings is 1. The molecule has 3 atom stereocenters. The molecule has 0 aromatic carbocycles. The Hall–Kier alpha value is -0.160. The minimum atomic E-state index is 0.427. The van der Waals surface area contributed by atoms with Gasteiger partial charge in [-0.05, 0) is 59.0 Å². The van der Waals surface area contributed by atoms with Crippen molar-refractivity contribution < 1.29 is 4.74 Å². The van der Waals surface area contributed by atoms with Crippen molar-refractivity contribution >= 4 is 0 Å². The van der Waals surface area contributed by atoms with E-state index in [0.717, 1.165) is 12.1 Å². The van der Waals surface area contributed by atoms with Gasteiger partial charge in [-0.3, -0.25) is 9.80 Å². The first kappa shape index (κ1) is 14.8. The molecule has 3 fully saturated rings. The number of hydrogen-bond donors (Lipinski definition) is 1. The van der Waals surface area contributed by atoms with E-state index in [1.165, 1.54) is 58.3 Å². The second kappa shape index (κ2) is 6.30. The maximum Gasteiger partial charge on any atom is 0.0565 e. The van der Waals surface area contributed by atoms with Crippen LogP contribution in [0.15, 0.2) is 0 Å². The maximum atomic E-state index is 6.02. The summed E-state index contributed by atoms with van der Waals surface area (Å²) in [5.74, 6) is 0. The van der Waals surface area contributed by atoms with Gasteiger partial charge in [-0.25, -0.2) is 0 Å². The maximum absolute atomic E-state index is 6.02. The zero-order chi connectivity index (χ0) is 14.1. The first-order valence-electron chi connectivity index (χ1n) is 8.51. The van der Waals surface area contributed by atoms with E-state index in [1.807, 2.05) is 0 Å². The topological polar surface area (TPSA) is 41.7 Å². The van der Waals surface area contributed by atoms with Crippen LogP contribution in [0.1, 0.15) is 46.0 Å². The average Bonchev–Trinajstić information content (AvgIpc) is 2.88. The molecule has 0 aromatic heterocycles. The van der Waals surface area contributed by atoms with Crippen LogP contribution in [0.25, 0.3) is 0 Å². The van der Waals surface area contributed by atoms with Crippen molar-refractivity contribution in [3.05, 3.63) is 0 Å². The van der Waals surface area contributed by atoms with Crippen molar-refractivity contribution in [2.24, 2.45) is 5.73 Å². The van der Waals surface area contributed by atoms with Gasteiger partial charge in [0.05, 0.1) is 12.2 Å². The summed E-state index contributed by atoms with van der Waals surface area (Å²) in [6, 6.07) is 1.96. The monoisotopic (exact) mass is 281 g/mol. The molecule has 0 spiro atoms. The van der Waals surface area contributed by atoms with E-state index < -0.39 is 0 Å². The summed E-state index contributed by atoms with van der Waals surface area (Å²) in [4.78, 5) is 5.42. The highest BCUT2D eigenvalue weighted by Crippen LogP contribution is 2.28. The van der Waals surface area contributed by atoms with Crippen molar-refractivity contribution in [1.82, 2.24) is 9.80 Å². The van der Waals surface area contributed by atoms with Gasteiger partial charge in [0.25, 0.3) is 0 Å². The summed E-state index contributed by atoms with van der Waals surface area (Å²) in [5.41, 5.74) is 6.02. The van der Waals surface area contributed by atoms with Crippen LogP contribution in [0, 0.1) is 0 Å². The van der Waals surface area contributed by atoms with E-state index in [-0.39, 0.29) is 0 Å². The Morgan fingerprint density at radius 2 is 1.45 bits per heavy atom. The second-order valence-electron chi connectivity index (χ2n) is 7.19. The van der Waals surface area contributed by atoms with E-state index in [4.69, 9.17) is 10.5 Å². The van der Waals surface area contributed by atoms with Gasteiger partial charge in [-0.1, -0.05) is 0 Å². The Bertz CT molecular complexity index is 307. The molecule has 116 valence electrons. The molecule has 0 saturated carbocycles. The van der Waals surface area contributed by atoms with Crippen LogP contribution < -0.4 is 5.73 Å². The lowest BCUT2D eigenvalue weighted by Gasteiger charge is -2.39. The van der Waals surface area contributed by atoms with E-state index >= 15 is 0 Å². The van der Waals surface area contributed by atoms with Gasteiger partial charge in [0.15, 0.2) is 0 Å². The molecule has 0 bridgehead atoms. The van der Waals surface area contributed by atoms with Crippen molar-refractivity contribution in [3.63, 3.8) is 0 Å². The van der Waals surface area contributed by atoms with Crippen LogP contribution in [0.4, 0.5) is 0 Å². The SMILES string of the molecule is CC1CC(N2CCC(N3CCC(N)CC3)C2)CC(C)O1. The Kier molecular flexibility index (Phi) is 4.65. The average molecular weight is 281 g/mol. The smallest absolute Gasteiger partial charge is 0.0565 e. The third kappa shape index (κ3) is 3.35. The Labute approximate surface area is 123 Å². The quantitative estimate of drug-likeness (QED) is 0.831. The molecule has 20 heavy (non-hydrogen) atoms. The minimum absolute atomic E-state index is 0.427. The third-order valence-corrected chi connectivity index (χ3v) is 5.47. The predicted octanol–water partition coefficient (Wildman–Crippen LogP) is 1.44. The fourth-order valence-electron chi connectivity index (χ4n) is 4.35. The molecule has 0 radical (unpaired) electrons. The predicted molar refractivity (Wildman–Crippen MR) is 81.8 cm³/mol. The lowest BCUT2D eigenvalue weighted by atomic mass is 9.98. The zero-order valence-corrected chi connectivity index (χ0v) is 13.1. The number of nitrogens with two attached hydrogens (primary N) is 1. The highest BCUT2D eigenvalue weighted by atomic mass is 16.5. The van der Waals surface area contributed by atoms with Gasteiger partial charge < -0.3 is 10.5 Å². The van der Waals surface area contributed by atoms with E-state index in [0.29, 0.717) is 18.2 Å². The molecule has 3 rings (SSSR count). The van der Waals surface area contributed by atoms with Gasteiger partial charge in [0.1, 0.15) is 0 Å². The molecule has 4 heteroatoms. The van der Waals surface area contributed by atoms with Gasteiger partial charge in [0.2, 0.25) is 0 Å². The van der Waals surface area contributed by atoms with Gasteiger partial charge in [-0.2, -0.15) is 0 Å². The fraction of sp³-hybridized carbons (Fsp3) is 1.00. The lowest BCUT2D eigenvalue weighted by Crippen LogP contribution is -2.48. The number of rotatable bonds is 2. The first-order chi connectivity index (χ1) is 9.61. The summed E-state index contributed by atoms with van der Waals surface area (Å²) in [5, 5.41) is 0. The van der Waals surface area contributed by atoms with Crippen LogP contribution in [-0.4, -0.2) is 66.3 Å². The molecule has 0 aliphatic carbocycles. The van der Waals surface area contributed by atoms with Crippen molar-refractivity contribution in [2.45, 2.75) is 76.3 Å². The molecular formula is C16H31N3O. The third-order valence-electron chi connectivity index (χ3n) is 5.47. The second-order valence-corrected chi connectivity index (χ2v) is 7.19. The summed E-state index contributed by atoms with van der Waals surface area (Å²) >= 11 is 0. The zero-order valence-electron chi connectivity index (χ0n) is 13.1. The molecule has 0 aromatic rings. The lowest BCUT2D eigenvalue weighted by molar-refractivity contribution is -0.0625. The molecular weight excluding hydrogens is 250 g/mol. The summed E-state index contributed by atoms with van der Waals surface area (Å²) in [6.07, 6.45) is 6.98. The highest BCUT2D eigenvalue weighted by molar-refractivity contribution is 4.91. The minimum Gasteiger partial charge on any atom is -0.375 e. The normalized spacial score (nSPS) is 42.1. The van der Waals surface area contributed by atoms with Crippen molar-refractivity contribution in [1.29, 1.82) is 0 Å². The van der Waals surface area contributed by atoms with E-state index in [1.54, 1.807) is 0 Å². The van der Waals surface area contributed by atoms with Crippen LogP contribution in [0.5, 0.6) is 0 Å². The molecule has 3 heterocycles. The number of nitrogens with zero attached hydrogens (tertiary/aromatic N) is 2.